The number of thiol groups is 2. The van der Waals surface area contributed by atoms with E-state index in [2.05, 4.69) is 66.8 Å². The van der Waals surface area contributed by atoms with Gasteiger partial charge in [0.1, 0.15) is 35.7 Å². The Morgan fingerprint density at radius 1 is 0.667 bits per heavy atom. The second kappa shape index (κ2) is 62.5. The standard InChI is InChI=1S/C36H46N6O8S.C31H46N4O7.C9H12N2O5.C5H10O3.C2H6S.CH4S.H2O/c1-23(2)18-25(34(48)38-22-32(46)40-30-15-16-37-36(50)41-30)20-28(44)27(19-24-10-6-4-7-11-24)39-31(45)14-13-26(43)12-8-5-9-17-42-33(47)21-29(51-3)35(42)49;1-5-10-22(6-2)18-25(26(37)19-23(17-21(3)4)31(42)33-20-27(32)38)34-28(39)13-12-24(36)11-8-7-9-16-35-29(40)14-15-30(35)41;12-4-5-6(13)7(14)8(16-5)11-3-1-2-10-9(11)15;6-2-5-1-4(7)3-8-5;1-2-3;1-2;/h4,6-7,10-11,15-16,21,23,25,27H,5,8-9,12-14,17-20,22H2,1-3H3,(H,38,48)(H,39,45)(H2,37,40,41,46,50);5-6,10,14-15,21,23,25H,7-9,11-13,16-20H2,1-4H3,(H2,32,38)(H,33,42)(H,34,39);1-3,5-8,12-14H,4H2;4-7H,1-3H2;3H,2H2,1H3;2H,1H3;1H2/b;10-5-,22-6+;;;;;/t25-,27+;23-,25+;5-,6+,7?,8-;4?,5-;;;/m1110.../s1. The molecule has 39 heteroatoms. The number of thioether (sulfide) groups is 1. The minimum absolute atomic E-state index is 0. The number of rotatable bonds is 46. The van der Waals surface area contributed by atoms with E-state index in [4.69, 9.17) is 30.5 Å². The van der Waals surface area contributed by atoms with Gasteiger partial charge in [-0.25, -0.2) is 19.6 Å². The number of allylic oxidation sites excluding steroid dienone is 3. The molecule has 4 aliphatic rings. The summed E-state index contributed by atoms with van der Waals surface area (Å²) in [6.45, 7) is 13.2. The molecule has 10 amide bonds. The predicted octanol–water partition coefficient (Wildman–Crippen LogP) is 2.78. The summed E-state index contributed by atoms with van der Waals surface area (Å²) in [4.78, 5) is 209. The first-order valence-corrected chi connectivity index (χ1v) is 43.3. The molecule has 15 N–H and O–H groups in total. The minimum atomic E-state index is -1.26. The van der Waals surface area contributed by atoms with E-state index in [1.165, 1.54) is 65.6 Å². The highest BCUT2D eigenvalue weighted by Crippen LogP contribution is 2.29. The average Bonchev–Trinajstić information content (AvgIpc) is 1.74. The summed E-state index contributed by atoms with van der Waals surface area (Å²) in [5.74, 6) is -5.47. The van der Waals surface area contributed by atoms with Crippen molar-refractivity contribution in [3.8, 4) is 0 Å². The number of nitrogens with zero attached hydrogens (tertiary/aromatic N) is 5. The van der Waals surface area contributed by atoms with Crippen molar-refractivity contribution < 1.29 is 108 Å². The molecule has 2 saturated heterocycles. The Labute approximate surface area is 732 Å². The lowest BCUT2D eigenvalue weighted by atomic mass is 9.88. The lowest BCUT2D eigenvalue weighted by Gasteiger charge is -2.23. The molecule has 3 aromatic rings. The first kappa shape index (κ1) is 111. The summed E-state index contributed by atoms with van der Waals surface area (Å²) in [7, 11) is 0. The number of amides is 10. The number of ketones is 4. The number of aromatic nitrogens is 4. The van der Waals surface area contributed by atoms with Gasteiger partial charge in [-0.2, -0.15) is 25.3 Å². The zero-order valence-corrected chi connectivity index (χ0v) is 74.1. The molecular weight excluding hydrogens is 1660 g/mol. The van der Waals surface area contributed by atoms with Gasteiger partial charge >= 0.3 is 11.4 Å². The van der Waals surface area contributed by atoms with E-state index in [1.54, 1.807) is 12.5 Å². The summed E-state index contributed by atoms with van der Waals surface area (Å²) in [5, 5.41) is 58.3. The number of benzene rings is 1. The van der Waals surface area contributed by atoms with Crippen molar-refractivity contribution in [2.75, 3.05) is 69.6 Å². The molecule has 4 aliphatic heterocycles. The van der Waals surface area contributed by atoms with E-state index in [1.807, 2.05) is 97.0 Å². The van der Waals surface area contributed by atoms with Crippen LogP contribution in [0.2, 0.25) is 0 Å². The van der Waals surface area contributed by atoms with Crippen molar-refractivity contribution in [2.24, 2.45) is 29.4 Å². The Bertz CT molecular complexity index is 4100. The van der Waals surface area contributed by atoms with Crippen LogP contribution in [-0.4, -0.2) is 249 Å². The van der Waals surface area contributed by atoms with Crippen LogP contribution in [0.3, 0.4) is 0 Å². The van der Waals surface area contributed by atoms with Gasteiger partial charge in [0.15, 0.2) is 17.8 Å². The monoisotopic (exact) mass is 1780 g/mol. The number of nitrogens with two attached hydrogens (primary N) is 1. The molecule has 0 bridgehead atoms. The van der Waals surface area contributed by atoms with E-state index in [-0.39, 0.29) is 166 Å². The molecule has 7 rings (SSSR count). The van der Waals surface area contributed by atoms with Crippen molar-refractivity contribution in [3.63, 3.8) is 0 Å². The molecule has 10 atom stereocenters. The second-order valence-corrected chi connectivity index (χ2v) is 31.0. The van der Waals surface area contributed by atoms with Gasteiger partial charge in [0.25, 0.3) is 23.6 Å². The number of hydrogen-bond acceptors (Lipinski definition) is 28. The fourth-order valence-electron chi connectivity index (χ4n) is 12.6. The van der Waals surface area contributed by atoms with Crippen LogP contribution in [0.1, 0.15) is 176 Å². The highest BCUT2D eigenvalue weighted by molar-refractivity contribution is 8.03. The number of imide groups is 2. The lowest BCUT2D eigenvalue weighted by Crippen LogP contribution is -2.45. The van der Waals surface area contributed by atoms with Gasteiger partial charge < -0.3 is 72.8 Å². The highest BCUT2D eigenvalue weighted by Gasteiger charge is 2.44. The summed E-state index contributed by atoms with van der Waals surface area (Å²) in [6, 6.07) is 10.2. The molecule has 2 aromatic heterocycles. The van der Waals surface area contributed by atoms with Gasteiger partial charge in [-0.3, -0.25) is 86.5 Å². The van der Waals surface area contributed by atoms with Gasteiger partial charge in [0.05, 0.1) is 62.1 Å². The quantitative estimate of drug-likeness (QED) is 0.0167. The van der Waals surface area contributed by atoms with Crippen LogP contribution in [-0.2, 0) is 83.0 Å². The molecule has 36 nitrogen and oxygen atoms in total. The average molecular weight is 1780 g/mol. The minimum Gasteiger partial charge on any atom is -0.412 e. The molecule has 0 aliphatic carbocycles. The van der Waals surface area contributed by atoms with Crippen molar-refractivity contribution in [3.05, 3.63) is 135 Å². The maximum Gasteiger partial charge on any atom is 0.349 e. The zero-order valence-electron chi connectivity index (χ0n) is 71.5. The zero-order chi connectivity index (χ0) is 91.4. The van der Waals surface area contributed by atoms with Gasteiger partial charge in [0, 0.05) is 120 Å². The Balaban J connectivity index is 0.000000927. The van der Waals surface area contributed by atoms with E-state index < -0.39 is 108 Å². The van der Waals surface area contributed by atoms with Crippen molar-refractivity contribution >= 4 is 125 Å². The number of primary amides is 1. The molecule has 123 heavy (non-hydrogen) atoms. The first-order chi connectivity index (χ1) is 58.1. The van der Waals surface area contributed by atoms with Crippen molar-refractivity contribution in [2.45, 2.75) is 219 Å². The number of carbonyl (C=O) groups is 14. The summed E-state index contributed by atoms with van der Waals surface area (Å²) in [6.07, 6.45) is 17.3. The Hall–Kier alpha value is -9.55. The van der Waals surface area contributed by atoms with E-state index >= 15 is 0 Å². The number of Topliss-reactive ketones (excluding diaryl/α,β-unsaturated/α-hetero) is 4. The fourth-order valence-corrected chi connectivity index (χ4v) is 13.1. The van der Waals surface area contributed by atoms with Gasteiger partial charge in [-0.15, -0.1) is 11.8 Å². The third-order valence-corrected chi connectivity index (χ3v) is 19.4. The number of nitrogens with one attached hydrogen (secondary N) is 6. The molecule has 684 valence electrons. The predicted molar refractivity (Wildman–Crippen MR) is 468 cm³/mol. The third-order valence-electron chi connectivity index (χ3n) is 18.7. The largest absolute Gasteiger partial charge is 0.412 e. The van der Waals surface area contributed by atoms with E-state index in [9.17, 15) is 86.9 Å². The highest BCUT2D eigenvalue weighted by atomic mass is 32.2. The molecule has 2 fully saturated rings. The summed E-state index contributed by atoms with van der Waals surface area (Å²) < 4.78 is 11.2. The maximum absolute atomic E-state index is 13.7. The number of ether oxygens (including phenoxy) is 2. The van der Waals surface area contributed by atoms with Crippen LogP contribution in [0.25, 0.3) is 0 Å². The molecule has 0 spiro atoms. The first-order valence-electron chi connectivity index (χ1n) is 40.6. The smallest absolute Gasteiger partial charge is 0.349 e. The number of aliphatic hydroxyl groups excluding tert-OH is 5. The summed E-state index contributed by atoms with van der Waals surface area (Å²) >= 11 is 8.55. The van der Waals surface area contributed by atoms with Crippen LogP contribution in [0.4, 0.5) is 5.82 Å². The number of aromatic amines is 1. The Kier molecular flexibility index (Phi) is 56.7. The van der Waals surface area contributed by atoms with E-state index in [0.717, 1.165) is 26.4 Å². The molecule has 2 unspecified atom stereocenters. The Morgan fingerprint density at radius 2 is 1.21 bits per heavy atom. The topological polar surface area (TPSA) is 563 Å². The van der Waals surface area contributed by atoms with Gasteiger partial charge in [-0.05, 0) is 113 Å². The van der Waals surface area contributed by atoms with Crippen LogP contribution < -0.4 is 43.7 Å². The van der Waals surface area contributed by atoms with Crippen LogP contribution in [0.15, 0.2) is 118 Å². The van der Waals surface area contributed by atoms with Gasteiger partial charge in [0.2, 0.25) is 35.4 Å². The van der Waals surface area contributed by atoms with Crippen LogP contribution in [0.5, 0.6) is 0 Å². The maximum atomic E-state index is 13.7. The number of hydrogen-bond donors (Lipinski definition) is 14. The van der Waals surface area contributed by atoms with Crippen LogP contribution in [0, 0.1) is 23.7 Å². The Morgan fingerprint density at radius 3 is 1.67 bits per heavy atom. The molecule has 0 radical (unpaired) electrons. The van der Waals surface area contributed by atoms with Crippen LogP contribution >= 0.6 is 37.0 Å². The molecule has 6 heterocycles. The number of aliphatic hydroxyl groups is 5. The van der Waals surface area contributed by atoms with Crippen molar-refractivity contribution in [1.29, 1.82) is 0 Å². The number of unbranched alkanes of at least 4 members (excludes halogenated alkanes) is 4. The number of H-pyrrole nitrogens is 1. The third kappa shape index (κ3) is 44.1. The van der Waals surface area contributed by atoms with E-state index in [0.29, 0.717) is 75.8 Å². The SMILES string of the molecule is C/C=C\C(=C/C)C[C@H](NC(=O)CCC(=O)CCCCCN1C(=O)C=CC1=O)C(=O)C[C@@H](CC(C)C)C(=O)NCC(N)=O.CCS.CS.CSC1=CC(=O)N(CCCCCC(=O)CCC(=O)N[C@@H](Cc2ccccc2)C(=O)C[C@@H](CC(C)C)C(=O)NCC(=O)Nc2ccnc(=O)[nH]2)C1=O.O.O=c1ncccn1[C@@H]1O[C@H](CO)[C@H](O)C1O.OC[C@@H]1CC(O)CO1. The normalized spacial score (nSPS) is 17.9. The van der Waals surface area contributed by atoms with Crippen molar-refractivity contribution in [1.82, 2.24) is 50.6 Å². The van der Waals surface area contributed by atoms with Gasteiger partial charge in [-0.1, -0.05) is 102 Å². The number of carbonyl (C=O) groups excluding carboxylic acids is 14. The lowest BCUT2D eigenvalue weighted by molar-refractivity contribution is -0.138. The summed E-state index contributed by atoms with van der Waals surface area (Å²) in [5.41, 5.74) is 5.55. The molecule has 0 saturated carbocycles. The fraction of sp³-hybridized carbons (Fsp3) is 0.571. The number of anilines is 1. The second-order valence-electron chi connectivity index (χ2n) is 29.5. The molecular formula is C84H126N12O24S3. The molecule has 1 aromatic carbocycles.